The zero-order valence-electron chi connectivity index (χ0n) is 10.1. The smallest absolute Gasteiger partial charge is 0.0323 e. The molecule has 0 radical (unpaired) electrons. The number of rotatable bonds is 2. The Labute approximate surface area is 103 Å². The fourth-order valence-electron chi connectivity index (χ4n) is 3.00. The van der Waals surface area contributed by atoms with Crippen molar-refractivity contribution >= 4 is 10.8 Å². The van der Waals surface area contributed by atoms with Crippen LogP contribution in [-0.2, 0) is 0 Å². The summed E-state index contributed by atoms with van der Waals surface area (Å²) < 4.78 is 0. The number of hydrogen-bond acceptors (Lipinski definition) is 1. The second-order valence-electron chi connectivity index (χ2n) is 5.18. The van der Waals surface area contributed by atoms with Gasteiger partial charge in [-0.3, -0.25) is 0 Å². The summed E-state index contributed by atoms with van der Waals surface area (Å²) in [6.45, 7) is 0. The molecule has 17 heavy (non-hydrogen) atoms. The molecular formula is C16H19N. The Balaban J connectivity index is 1.94. The SMILES string of the molecule is NC(c1ccc2ccccc2c1)C1CCCC1. The Morgan fingerprint density at radius 1 is 0.941 bits per heavy atom. The molecular weight excluding hydrogens is 206 g/mol. The van der Waals surface area contributed by atoms with Crippen molar-refractivity contribution in [1.82, 2.24) is 0 Å². The van der Waals surface area contributed by atoms with Crippen LogP contribution in [0.4, 0.5) is 0 Å². The van der Waals surface area contributed by atoms with Crippen molar-refractivity contribution in [3.05, 3.63) is 48.0 Å². The largest absolute Gasteiger partial charge is 0.324 e. The molecule has 0 saturated heterocycles. The first-order chi connectivity index (χ1) is 8.34. The first kappa shape index (κ1) is 10.8. The lowest BCUT2D eigenvalue weighted by molar-refractivity contribution is 0.445. The fourth-order valence-corrected chi connectivity index (χ4v) is 3.00. The van der Waals surface area contributed by atoms with Crippen LogP contribution in [0.2, 0.25) is 0 Å². The van der Waals surface area contributed by atoms with E-state index in [2.05, 4.69) is 42.5 Å². The number of hydrogen-bond donors (Lipinski definition) is 1. The van der Waals surface area contributed by atoms with Crippen LogP contribution in [0.25, 0.3) is 10.8 Å². The molecule has 1 heteroatoms. The predicted molar refractivity (Wildman–Crippen MR) is 72.8 cm³/mol. The molecule has 2 aromatic rings. The Bertz CT molecular complexity index is 512. The van der Waals surface area contributed by atoms with Crippen LogP contribution in [0.15, 0.2) is 42.5 Å². The molecule has 2 aromatic carbocycles. The minimum absolute atomic E-state index is 0.224. The van der Waals surface area contributed by atoms with Gasteiger partial charge in [0, 0.05) is 6.04 Å². The maximum Gasteiger partial charge on any atom is 0.0323 e. The lowest BCUT2D eigenvalue weighted by atomic mass is 9.91. The van der Waals surface area contributed by atoms with Crippen LogP contribution in [0.5, 0.6) is 0 Å². The molecule has 0 spiro atoms. The van der Waals surface area contributed by atoms with Crippen molar-refractivity contribution in [1.29, 1.82) is 0 Å². The van der Waals surface area contributed by atoms with Crippen LogP contribution < -0.4 is 5.73 Å². The van der Waals surface area contributed by atoms with Crippen molar-refractivity contribution in [2.45, 2.75) is 31.7 Å². The van der Waals surface area contributed by atoms with E-state index in [1.165, 1.54) is 42.0 Å². The predicted octanol–water partition coefficient (Wildman–Crippen LogP) is 4.03. The molecule has 1 atom stereocenters. The molecule has 1 saturated carbocycles. The normalized spacial score (nSPS) is 18.6. The summed E-state index contributed by atoms with van der Waals surface area (Å²) in [6, 6.07) is 15.4. The van der Waals surface area contributed by atoms with E-state index in [9.17, 15) is 0 Å². The van der Waals surface area contributed by atoms with Gasteiger partial charge in [-0.15, -0.1) is 0 Å². The summed E-state index contributed by atoms with van der Waals surface area (Å²) >= 11 is 0. The van der Waals surface area contributed by atoms with Crippen molar-refractivity contribution in [3.63, 3.8) is 0 Å². The summed E-state index contributed by atoms with van der Waals surface area (Å²) in [5, 5.41) is 2.60. The standard InChI is InChI=1S/C16H19N/c17-16(13-6-2-3-7-13)15-10-9-12-5-1-4-8-14(12)11-15/h1,4-5,8-11,13,16H,2-3,6-7,17H2. The maximum atomic E-state index is 6.39. The molecule has 2 N–H and O–H groups in total. The Morgan fingerprint density at radius 2 is 1.65 bits per heavy atom. The molecule has 0 amide bonds. The zero-order chi connectivity index (χ0) is 11.7. The summed E-state index contributed by atoms with van der Waals surface area (Å²) in [5.41, 5.74) is 7.69. The highest BCUT2D eigenvalue weighted by Gasteiger charge is 2.23. The average Bonchev–Trinajstić information content (AvgIpc) is 2.91. The van der Waals surface area contributed by atoms with Crippen molar-refractivity contribution in [3.8, 4) is 0 Å². The van der Waals surface area contributed by atoms with Gasteiger partial charge in [0.25, 0.3) is 0 Å². The molecule has 0 aromatic heterocycles. The highest BCUT2D eigenvalue weighted by molar-refractivity contribution is 5.83. The topological polar surface area (TPSA) is 26.0 Å². The minimum Gasteiger partial charge on any atom is -0.324 e. The van der Waals surface area contributed by atoms with Crippen LogP contribution in [0.3, 0.4) is 0 Å². The molecule has 1 aliphatic carbocycles. The molecule has 0 aliphatic heterocycles. The third-order valence-electron chi connectivity index (χ3n) is 4.07. The van der Waals surface area contributed by atoms with Gasteiger partial charge in [0.15, 0.2) is 0 Å². The van der Waals surface area contributed by atoms with Crippen LogP contribution in [-0.4, -0.2) is 0 Å². The second kappa shape index (κ2) is 4.50. The summed E-state index contributed by atoms with van der Waals surface area (Å²) in [5.74, 6) is 0.691. The molecule has 3 rings (SSSR count). The van der Waals surface area contributed by atoms with E-state index in [-0.39, 0.29) is 6.04 Å². The number of benzene rings is 2. The van der Waals surface area contributed by atoms with Crippen LogP contribution in [0.1, 0.15) is 37.3 Å². The fraction of sp³-hybridized carbons (Fsp3) is 0.375. The quantitative estimate of drug-likeness (QED) is 0.820. The summed E-state index contributed by atoms with van der Waals surface area (Å²) in [4.78, 5) is 0. The molecule has 1 aliphatic rings. The van der Waals surface area contributed by atoms with E-state index >= 15 is 0 Å². The van der Waals surface area contributed by atoms with Crippen molar-refractivity contribution < 1.29 is 0 Å². The van der Waals surface area contributed by atoms with Gasteiger partial charge >= 0.3 is 0 Å². The Hall–Kier alpha value is -1.34. The zero-order valence-corrected chi connectivity index (χ0v) is 10.1. The summed E-state index contributed by atoms with van der Waals surface area (Å²) in [6.07, 6.45) is 5.31. The molecule has 88 valence electrons. The van der Waals surface area contributed by atoms with Gasteiger partial charge in [-0.05, 0) is 41.2 Å². The first-order valence-electron chi connectivity index (χ1n) is 6.59. The van der Waals surface area contributed by atoms with Gasteiger partial charge in [-0.25, -0.2) is 0 Å². The van der Waals surface area contributed by atoms with E-state index in [4.69, 9.17) is 5.73 Å². The summed E-state index contributed by atoms with van der Waals surface area (Å²) in [7, 11) is 0. The Kier molecular flexibility index (Phi) is 2.86. The van der Waals surface area contributed by atoms with E-state index in [0.717, 1.165) is 0 Å². The van der Waals surface area contributed by atoms with Gasteiger partial charge in [0.05, 0.1) is 0 Å². The monoisotopic (exact) mass is 225 g/mol. The van der Waals surface area contributed by atoms with Crippen molar-refractivity contribution in [2.24, 2.45) is 11.7 Å². The molecule has 0 heterocycles. The minimum atomic E-state index is 0.224. The van der Waals surface area contributed by atoms with Gasteiger partial charge in [0.1, 0.15) is 0 Å². The third-order valence-corrected chi connectivity index (χ3v) is 4.07. The van der Waals surface area contributed by atoms with E-state index in [1.54, 1.807) is 0 Å². The van der Waals surface area contributed by atoms with Crippen LogP contribution in [0, 0.1) is 5.92 Å². The highest BCUT2D eigenvalue weighted by Crippen LogP contribution is 2.34. The maximum absolute atomic E-state index is 6.39. The lowest BCUT2D eigenvalue weighted by Gasteiger charge is -2.19. The van der Waals surface area contributed by atoms with Gasteiger partial charge in [-0.1, -0.05) is 49.2 Å². The average molecular weight is 225 g/mol. The van der Waals surface area contributed by atoms with Gasteiger partial charge in [0.2, 0.25) is 0 Å². The van der Waals surface area contributed by atoms with Crippen molar-refractivity contribution in [2.75, 3.05) is 0 Å². The van der Waals surface area contributed by atoms with E-state index in [0.29, 0.717) is 5.92 Å². The molecule has 1 fully saturated rings. The second-order valence-corrected chi connectivity index (χ2v) is 5.18. The molecule has 1 unspecified atom stereocenters. The molecule has 1 nitrogen and oxygen atoms in total. The van der Waals surface area contributed by atoms with E-state index < -0.39 is 0 Å². The van der Waals surface area contributed by atoms with Gasteiger partial charge < -0.3 is 5.73 Å². The lowest BCUT2D eigenvalue weighted by Crippen LogP contribution is -2.18. The molecule has 0 bridgehead atoms. The Morgan fingerprint density at radius 3 is 2.41 bits per heavy atom. The van der Waals surface area contributed by atoms with Gasteiger partial charge in [-0.2, -0.15) is 0 Å². The first-order valence-corrected chi connectivity index (χ1v) is 6.59. The van der Waals surface area contributed by atoms with E-state index in [1.807, 2.05) is 0 Å². The third kappa shape index (κ3) is 2.07. The number of fused-ring (bicyclic) bond motifs is 1. The van der Waals surface area contributed by atoms with Crippen LogP contribution >= 0.6 is 0 Å². The number of nitrogens with two attached hydrogens (primary N) is 1. The highest BCUT2D eigenvalue weighted by atomic mass is 14.7.